The van der Waals surface area contributed by atoms with Crippen molar-refractivity contribution in [2.45, 2.75) is 6.54 Å². The van der Waals surface area contributed by atoms with Gasteiger partial charge in [0.25, 0.3) is 0 Å². The van der Waals surface area contributed by atoms with E-state index < -0.39 is 11.6 Å². The molecule has 0 radical (unpaired) electrons. The molecule has 0 spiro atoms. The molecule has 1 heterocycles. The van der Waals surface area contributed by atoms with Crippen molar-refractivity contribution in [2.24, 2.45) is 0 Å². The Kier molecular flexibility index (Phi) is 3.31. The lowest BCUT2D eigenvalue weighted by atomic mass is 10.2. The number of hydrogen-bond donors (Lipinski definition) is 1. The third-order valence-corrected chi connectivity index (χ3v) is 3.63. The zero-order valence-electron chi connectivity index (χ0n) is 10.2. The summed E-state index contributed by atoms with van der Waals surface area (Å²) >= 11 is 11.2. The van der Waals surface area contributed by atoms with Gasteiger partial charge in [0.05, 0.1) is 17.6 Å². The zero-order valence-corrected chi connectivity index (χ0v) is 11.7. The maximum Gasteiger partial charge on any atom is 0.178 e. The Bertz CT molecular complexity index is 854. The molecule has 3 rings (SSSR count). The molecule has 0 saturated heterocycles. The molecule has 0 amide bonds. The Morgan fingerprint density at radius 2 is 1.95 bits per heavy atom. The molecule has 0 fully saturated rings. The van der Waals surface area contributed by atoms with Crippen molar-refractivity contribution in [3.63, 3.8) is 0 Å². The second kappa shape index (κ2) is 5.00. The molecule has 0 bridgehead atoms. The smallest absolute Gasteiger partial charge is 0.178 e. The summed E-state index contributed by atoms with van der Waals surface area (Å²) in [6, 6.07) is 8.63. The van der Waals surface area contributed by atoms with Crippen LogP contribution in [-0.2, 0) is 6.54 Å². The van der Waals surface area contributed by atoms with Crippen LogP contribution >= 0.6 is 23.8 Å². The first kappa shape index (κ1) is 13.3. The van der Waals surface area contributed by atoms with Crippen LogP contribution in [-0.4, -0.2) is 9.55 Å². The van der Waals surface area contributed by atoms with E-state index in [0.717, 1.165) is 23.2 Å². The molecule has 0 saturated carbocycles. The van der Waals surface area contributed by atoms with Gasteiger partial charge in [-0.2, -0.15) is 0 Å². The molecule has 1 aromatic heterocycles. The number of nitrogens with zero attached hydrogens (tertiary/aromatic N) is 1. The molecular formula is C14H9ClF2N2S. The number of imidazole rings is 1. The predicted octanol–water partition coefficient (Wildman–Crippen LogP) is 4.68. The van der Waals surface area contributed by atoms with Crippen LogP contribution in [0.3, 0.4) is 0 Å². The highest BCUT2D eigenvalue weighted by molar-refractivity contribution is 7.71. The van der Waals surface area contributed by atoms with Gasteiger partial charge >= 0.3 is 0 Å². The van der Waals surface area contributed by atoms with E-state index in [1.54, 1.807) is 22.8 Å². The molecule has 2 aromatic carbocycles. The van der Waals surface area contributed by atoms with Gasteiger partial charge in [0, 0.05) is 10.6 Å². The topological polar surface area (TPSA) is 20.7 Å². The van der Waals surface area contributed by atoms with E-state index in [1.807, 2.05) is 0 Å². The number of halogens is 3. The highest BCUT2D eigenvalue weighted by atomic mass is 35.5. The number of rotatable bonds is 2. The van der Waals surface area contributed by atoms with Gasteiger partial charge in [0.15, 0.2) is 4.77 Å². The molecule has 0 aliphatic heterocycles. The van der Waals surface area contributed by atoms with Gasteiger partial charge in [-0.3, -0.25) is 0 Å². The van der Waals surface area contributed by atoms with Crippen molar-refractivity contribution in [3.8, 4) is 0 Å². The quantitative estimate of drug-likeness (QED) is 0.682. The SMILES string of the molecule is Fc1ccc(F)c(Cn2c(=S)[nH]c3ccc(Cl)cc32)c1. The number of benzene rings is 2. The molecule has 6 heteroatoms. The summed E-state index contributed by atoms with van der Waals surface area (Å²) in [5.41, 5.74) is 1.80. The average Bonchev–Trinajstić information content (AvgIpc) is 2.70. The Morgan fingerprint density at radius 1 is 1.15 bits per heavy atom. The lowest BCUT2D eigenvalue weighted by molar-refractivity contribution is 0.578. The van der Waals surface area contributed by atoms with E-state index in [-0.39, 0.29) is 12.1 Å². The van der Waals surface area contributed by atoms with Crippen molar-refractivity contribution in [1.29, 1.82) is 0 Å². The molecular weight excluding hydrogens is 302 g/mol. The van der Waals surface area contributed by atoms with E-state index >= 15 is 0 Å². The van der Waals surface area contributed by atoms with Gasteiger partial charge < -0.3 is 9.55 Å². The van der Waals surface area contributed by atoms with Crippen LogP contribution in [0.2, 0.25) is 5.02 Å². The summed E-state index contributed by atoms with van der Waals surface area (Å²) in [4.78, 5) is 3.01. The highest BCUT2D eigenvalue weighted by Gasteiger charge is 2.09. The lowest BCUT2D eigenvalue weighted by Crippen LogP contribution is -2.02. The number of aromatic nitrogens is 2. The van der Waals surface area contributed by atoms with Crippen molar-refractivity contribution >= 4 is 34.9 Å². The lowest BCUT2D eigenvalue weighted by Gasteiger charge is -2.06. The van der Waals surface area contributed by atoms with Crippen LogP contribution in [0.15, 0.2) is 36.4 Å². The molecule has 102 valence electrons. The summed E-state index contributed by atoms with van der Waals surface area (Å²) in [5.74, 6) is -0.949. The monoisotopic (exact) mass is 310 g/mol. The van der Waals surface area contributed by atoms with Crippen LogP contribution in [0.4, 0.5) is 8.78 Å². The molecule has 1 N–H and O–H groups in total. The minimum Gasteiger partial charge on any atom is -0.331 e. The van der Waals surface area contributed by atoms with Crippen LogP contribution in [0, 0.1) is 16.4 Å². The summed E-state index contributed by atoms with van der Waals surface area (Å²) in [5, 5.41) is 0.556. The number of fused-ring (bicyclic) bond motifs is 1. The van der Waals surface area contributed by atoms with Crippen LogP contribution in [0.5, 0.6) is 0 Å². The fourth-order valence-electron chi connectivity index (χ4n) is 2.12. The van der Waals surface area contributed by atoms with Gasteiger partial charge in [-0.05, 0) is 48.6 Å². The molecule has 20 heavy (non-hydrogen) atoms. The molecule has 0 atom stereocenters. The summed E-state index contributed by atoms with van der Waals surface area (Å²) < 4.78 is 29.1. The van der Waals surface area contributed by atoms with E-state index in [4.69, 9.17) is 23.8 Å². The van der Waals surface area contributed by atoms with Crippen LogP contribution in [0.1, 0.15) is 5.56 Å². The van der Waals surface area contributed by atoms with E-state index in [0.29, 0.717) is 9.79 Å². The van der Waals surface area contributed by atoms with Gasteiger partial charge in [-0.1, -0.05) is 11.6 Å². The van der Waals surface area contributed by atoms with Crippen molar-refractivity contribution < 1.29 is 8.78 Å². The fraction of sp³-hybridized carbons (Fsp3) is 0.0714. The Morgan fingerprint density at radius 3 is 2.75 bits per heavy atom. The Hall–Kier alpha value is -1.72. The largest absolute Gasteiger partial charge is 0.331 e. The predicted molar refractivity (Wildman–Crippen MR) is 77.6 cm³/mol. The number of H-pyrrole nitrogens is 1. The van der Waals surface area contributed by atoms with Gasteiger partial charge in [-0.15, -0.1) is 0 Å². The zero-order chi connectivity index (χ0) is 14.3. The second-order valence-electron chi connectivity index (χ2n) is 4.41. The number of aromatic amines is 1. The summed E-state index contributed by atoms with van der Waals surface area (Å²) in [6.07, 6.45) is 0. The van der Waals surface area contributed by atoms with Crippen molar-refractivity contribution in [1.82, 2.24) is 9.55 Å². The fourth-order valence-corrected chi connectivity index (χ4v) is 2.56. The summed E-state index contributed by atoms with van der Waals surface area (Å²) in [7, 11) is 0. The maximum atomic E-state index is 13.7. The molecule has 0 aliphatic carbocycles. The van der Waals surface area contributed by atoms with E-state index in [9.17, 15) is 8.78 Å². The average molecular weight is 311 g/mol. The second-order valence-corrected chi connectivity index (χ2v) is 5.24. The third kappa shape index (κ3) is 2.34. The van der Waals surface area contributed by atoms with Gasteiger partial charge in [-0.25, -0.2) is 8.78 Å². The van der Waals surface area contributed by atoms with Crippen LogP contribution < -0.4 is 0 Å². The van der Waals surface area contributed by atoms with Gasteiger partial charge in [0.2, 0.25) is 0 Å². The van der Waals surface area contributed by atoms with Crippen LogP contribution in [0.25, 0.3) is 11.0 Å². The molecule has 0 aliphatic rings. The maximum absolute atomic E-state index is 13.7. The highest BCUT2D eigenvalue weighted by Crippen LogP contribution is 2.21. The number of nitrogens with one attached hydrogen (secondary N) is 1. The molecule has 3 aromatic rings. The normalized spacial score (nSPS) is 11.2. The van der Waals surface area contributed by atoms with Crippen molar-refractivity contribution in [3.05, 3.63) is 63.4 Å². The van der Waals surface area contributed by atoms with E-state index in [1.165, 1.54) is 6.07 Å². The minimum atomic E-state index is -0.481. The Balaban J connectivity index is 2.15. The van der Waals surface area contributed by atoms with Gasteiger partial charge in [0.1, 0.15) is 11.6 Å². The van der Waals surface area contributed by atoms with E-state index in [2.05, 4.69) is 4.98 Å². The Labute approximate surface area is 123 Å². The minimum absolute atomic E-state index is 0.142. The molecule has 0 unspecified atom stereocenters. The first-order chi connectivity index (χ1) is 9.54. The summed E-state index contributed by atoms with van der Waals surface area (Å²) in [6.45, 7) is 0.142. The molecule has 2 nitrogen and oxygen atoms in total. The third-order valence-electron chi connectivity index (χ3n) is 3.07. The standard InChI is InChI=1S/C14H9ClF2N2S/c15-9-1-4-12-13(6-9)19(14(20)18-12)7-8-5-10(16)2-3-11(8)17/h1-6H,7H2,(H,18,20). The first-order valence-corrected chi connectivity index (χ1v) is 6.65. The van der Waals surface area contributed by atoms with Crippen molar-refractivity contribution in [2.75, 3.05) is 0 Å². The first-order valence-electron chi connectivity index (χ1n) is 5.86. The number of hydrogen-bond acceptors (Lipinski definition) is 1.